The van der Waals surface area contributed by atoms with Crippen molar-refractivity contribution in [3.8, 4) is 0 Å². The zero-order chi connectivity index (χ0) is 18.4. The highest BCUT2D eigenvalue weighted by Crippen LogP contribution is 2.30. The van der Waals surface area contributed by atoms with Crippen LogP contribution in [0.25, 0.3) is 21.8 Å². The summed E-state index contributed by atoms with van der Waals surface area (Å²) in [4.78, 5) is 0. The highest BCUT2D eigenvalue weighted by molar-refractivity contribution is 6.18. The van der Waals surface area contributed by atoms with E-state index in [1.54, 1.807) is 0 Å². The molecule has 3 rings (SSSR count). The van der Waals surface area contributed by atoms with Crippen LogP contribution in [0.2, 0.25) is 0 Å². The van der Waals surface area contributed by atoms with Gasteiger partial charge in [-0.2, -0.15) is 0 Å². The molecule has 0 amide bonds. The van der Waals surface area contributed by atoms with Gasteiger partial charge in [-0.15, -0.1) is 23.2 Å². The number of benzene rings is 2. The predicted molar refractivity (Wildman–Crippen MR) is 117 cm³/mol. The van der Waals surface area contributed by atoms with Crippen LogP contribution in [-0.4, -0.2) is 16.3 Å². The third-order valence-electron chi connectivity index (χ3n) is 5.33. The van der Waals surface area contributed by atoms with Gasteiger partial charge >= 0.3 is 0 Å². The molecule has 0 unspecified atom stereocenters. The molecule has 1 aromatic heterocycles. The fourth-order valence-corrected chi connectivity index (χ4v) is 4.20. The van der Waals surface area contributed by atoms with E-state index in [4.69, 9.17) is 23.2 Å². The number of halogens is 2. The number of unbranched alkanes of at least 4 members (excludes halogenated alkanes) is 4. The first kappa shape index (κ1) is 19.6. The molecule has 2 aromatic carbocycles. The number of alkyl halides is 2. The fraction of sp³-hybridized carbons (Fsp3) is 0.478. The molecule has 0 aliphatic rings. The number of hydrogen-bond donors (Lipinski definition) is 0. The maximum Gasteiger partial charge on any atom is 0.0488 e. The van der Waals surface area contributed by atoms with Crippen molar-refractivity contribution in [2.24, 2.45) is 7.05 Å². The van der Waals surface area contributed by atoms with Crippen LogP contribution in [0.4, 0.5) is 0 Å². The number of hydrogen-bond acceptors (Lipinski definition) is 0. The highest BCUT2D eigenvalue weighted by Gasteiger charge is 2.09. The average Bonchev–Trinajstić information content (AvgIpc) is 2.94. The van der Waals surface area contributed by atoms with E-state index in [1.807, 2.05) is 0 Å². The van der Waals surface area contributed by atoms with Gasteiger partial charge in [0, 0.05) is 40.6 Å². The molecule has 0 N–H and O–H groups in total. The summed E-state index contributed by atoms with van der Waals surface area (Å²) in [6.07, 6.45) is 9.37. The first-order valence-corrected chi connectivity index (χ1v) is 10.9. The first-order chi connectivity index (χ1) is 12.7. The van der Waals surface area contributed by atoms with E-state index in [9.17, 15) is 0 Å². The van der Waals surface area contributed by atoms with Crippen molar-refractivity contribution in [1.29, 1.82) is 0 Å². The van der Waals surface area contributed by atoms with E-state index < -0.39 is 0 Å². The molecule has 0 bridgehead atoms. The molecule has 0 atom stereocenters. The second-order valence-corrected chi connectivity index (χ2v) is 8.02. The monoisotopic (exact) mass is 389 g/mol. The summed E-state index contributed by atoms with van der Waals surface area (Å²) in [5.74, 6) is 1.55. The Hall–Kier alpha value is -1.18. The molecule has 1 heterocycles. The Bertz CT molecular complexity index is 781. The zero-order valence-electron chi connectivity index (χ0n) is 15.7. The van der Waals surface area contributed by atoms with Gasteiger partial charge in [-0.05, 0) is 73.9 Å². The molecule has 0 aliphatic carbocycles. The van der Waals surface area contributed by atoms with Crippen molar-refractivity contribution in [3.05, 3.63) is 47.5 Å². The van der Waals surface area contributed by atoms with E-state index in [0.717, 1.165) is 37.4 Å². The summed E-state index contributed by atoms with van der Waals surface area (Å²) in [5.41, 5.74) is 5.52. The van der Waals surface area contributed by atoms with Crippen LogP contribution in [0.3, 0.4) is 0 Å². The van der Waals surface area contributed by atoms with Gasteiger partial charge < -0.3 is 4.57 Å². The van der Waals surface area contributed by atoms with E-state index in [2.05, 4.69) is 48.0 Å². The van der Waals surface area contributed by atoms with Crippen molar-refractivity contribution in [2.75, 3.05) is 11.8 Å². The van der Waals surface area contributed by atoms with E-state index in [1.165, 1.54) is 58.6 Å². The van der Waals surface area contributed by atoms with Gasteiger partial charge in [0.05, 0.1) is 0 Å². The molecule has 0 aliphatic heterocycles. The summed E-state index contributed by atoms with van der Waals surface area (Å²) >= 11 is 11.6. The number of rotatable bonds is 10. The Balaban J connectivity index is 1.84. The van der Waals surface area contributed by atoms with Crippen LogP contribution in [0.1, 0.15) is 49.7 Å². The average molecular weight is 390 g/mol. The molecule has 0 spiro atoms. The minimum atomic E-state index is 0.774. The molecule has 140 valence electrons. The maximum atomic E-state index is 5.79. The minimum Gasteiger partial charge on any atom is -0.344 e. The van der Waals surface area contributed by atoms with E-state index in [-0.39, 0.29) is 0 Å². The largest absolute Gasteiger partial charge is 0.344 e. The van der Waals surface area contributed by atoms with Crippen LogP contribution in [0.15, 0.2) is 36.4 Å². The maximum absolute atomic E-state index is 5.79. The summed E-state index contributed by atoms with van der Waals surface area (Å²) in [6.45, 7) is 0. The lowest BCUT2D eigenvalue weighted by Crippen LogP contribution is -1.89. The summed E-state index contributed by atoms with van der Waals surface area (Å²) in [6, 6.07) is 13.9. The number of aromatic nitrogens is 1. The van der Waals surface area contributed by atoms with Gasteiger partial charge in [0.25, 0.3) is 0 Å². The molecular formula is C23H29Cl2N. The molecule has 0 saturated heterocycles. The van der Waals surface area contributed by atoms with Gasteiger partial charge in [0.2, 0.25) is 0 Å². The SMILES string of the molecule is Cn1c2ccc(CCCCCCl)cc2c2cc(CCCCCCl)ccc21. The summed E-state index contributed by atoms with van der Waals surface area (Å²) < 4.78 is 2.32. The number of nitrogens with zero attached hydrogens (tertiary/aromatic N) is 1. The predicted octanol–water partition coefficient (Wildman–Crippen LogP) is 7.23. The lowest BCUT2D eigenvalue weighted by Gasteiger charge is -2.03. The Labute approximate surface area is 167 Å². The summed E-state index contributed by atoms with van der Waals surface area (Å²) in [5, 5.41) is 2.78. The summed E-state index contributed by atoms with van der Waals surface area (Å²) in [7, 11) is 2.17. The lowest BCUT2D eigenvalue weighted by molar-refractivity contribution is 0.721. The van der Waals surface area contributed by atoms with Crippen molar-refractivity contribution in [3.63, 3.8) is 0 Å². The smallest absolute Gasteiger partial charge is 0.0488 e. The molecule has 0 radical (unpaired) electrons. The lowest BCUT2D eigenvalue weighted by atomic mass is 10.0. The van der Waals surface area contributed by atoms with Crippen LogP contribution < -0.4 is 0 Å². The molecule has 0 saturated carbocycles. The quantitative estimate of drug-likeness (QED) is 0.254. The Morgan fingerprint density at radius 1 is 0.654 bits per heavy atom. The Kier molecular flexibility index (Phi) is 7.28. The third-order valence-corrected chi connectivity index (χ3v) is 5.87. The van der Waals surface area contributed by atoms with Crippen molar-refractivity contribution >= 4 is 45.0 Å². The topological polar surface area (TPSA) is 4.93 Å². The van der Waals surface area contributed by atoms with Crippen molar-refractivity contribution in [2.45, 2.75) is 51.4 Å². The fourth-order valence-electron chi connectivity index (χ4n) is 3.82. The van der Waals surface area contributed by atoms with Gasteiger partial charge in [-0.1, -0.05) is 25.0 Å². The standard InChI is InChI=1S/C23H29Cl2N/c1-26-22-12-10-18(8-4-2-6-14-24)16-20(22)21-17-19(11-13-23(21)26)9-5-3-7-15-25/h10-13,16-17H,2-9,14-15H2,1H3. The van der Waals surface area contributed by atoms with Gasteiger partial charge in [0.1, 0.15) is 0 Å². The molecule has 3 heteroatoms. The van der Waals surface area contributed by atoms with Crippen LogP contribution in [0, 0.1) is 0 Å². The highest BCUT2D eigenvalue weighted by atomic mass is 35.5. The molecule has 3 aromatic rings. The van der Waals surface area contributed by atoms with E-state index in [0.29, 0.717) is 0 Å². The third kappa shape index (κ3) is 4.56. The van der Waals surface area contributed by atoms with Gasteiger partial charge in [-0.25, -0.2) is 0 Å². The zero-order valence-corrected chi connectivity index (χ0v) is 17.3. The Morgan fingerprint density at radius 3 is 1.54 bits per heavy atom. The second-order valence-electron chi connectivity index (χ2n) is 7.26. The number of aryl methyl sites for hydroxylation is 3. The molecule has 0 fully saturated rings. The second kappa shape index (κ2) is 9.67. The molecule has 26 heavy (non-hydrogen) atoms. The molecular weight excluding hydrogens is 361 g/mol. The van der Waals surface area contributed by atoms with Crippen LogP contribution in [-0.2, 0) is 19.9 Å². The van der Waals surface area contributed by atoms with Gasteiger partial charge in [-0.3, -0.25) is 0 Å². The van der Waals surface area contributed by atoms with Crippen LogP contribution >= 0.6 is 23.2 Å². The van der Waals surface area contributed by atoms with Crippen LogP contribution in [0.5, 0.6) is 0 Å². The van der Waals surface area contributed by atoms with Gasteiger partial charge in [0.15, 0.2) is 0 Å². The Morgan fingerprint density at radius 2 is 1.12 bits per heavy atom. The molecule has 1 nitrogen and oxygen atoms in total. The van der Waals surface area contributed by atoms with E-state index >= 15 is 0 Å². The van der Waals surface area contributed by atoms with Crippen molar-refractivity contribution in [1.82, 2.24) is 4.57 Å². The first-order valence-electron chi connectivity index (χ1n) is 9.86. The minimum absolute atomic E-state index is 0.774. The van der Waals surface area contributed by atoms with Crippen molar-refractivity contribution < 1.29 is 0 Å². The normalized spacial score (nSPS) is 11.7. The number of fused-ring (bicyclic) bond motifs is 3.